The summed E-state index contributed by atoms with van der Waals surface area (Å²) < 4.78 is 6.59. The summed E-state index contributed by atoms with van der Waals surface area (Å²) in [4.78, 5) is 27.2. The van der Waals surface area contributed by atoms with Crippen LogP contribution in [-0.2, 0) is 22.6 Å². The zero-order valence-electron chi connectivity index (χ0n) is 18.0. The first-order chi connectivity index (χ1) is 14.5. The van der Waals surface area contributed by atoms with Gasteiger partial charge in [-0.15, -0.1) is 0 Å². The number of nitrogens with one attached hydrogen (secondary N) is 1. The second-order valence-corrected chi connectivity index (χ2v) is 8.09. The summed E-state index contributed by atoms with van der Waals surface area (Å²) >= 11 is 3.50. The number of amides is 2. The monoisotopic (exact) mass is 474 g/mol. The van der Waals surface area contributed by atoms with Crippen molar-refractivity contribution in [3.63, 3.8) is 0 Å². The van der Waals surface area contributed by atoms with Crippen LogP contribution in [0.3, 0.4) is 0 Å². The van der Waals surface area contributed by atoms with E-state index >= 15 is 0 Å². The Morgan fingerprint density at radius 2 is 1.83 bits per heavy atom. The zero-order chi connectivity index (χ0) is 21.9. The summed E-state index contributed by atoms with van der Waals surface area (Å²) in [5.74, 6) is 0.227. The Balaban J connectivity index is 2.10. The molecule has 0 aliphatic heterocycles. The van der Waals surface area contributed by atoms with Gasteiger partial charge in [0.05, 0.1) is 4.47 Å². The Morgan fingerprint density at radius 3 is 2.47 bits per heavy atom. The molecule has 0 fully saturated rings. The number of nitrogens with zero attached hydrogens (tertiary/aromatic N) is 1. The Morgan fingerprint density at radius 1 is 1.10 bits per heavy atom. The van der Waals surface area contributed by atoms with Gasteiger partial charge in [-0.05, 0) is 59.0 Å². The Bertz CT molecular complexity index is 826. The molecule has 0 radical (unpaired) electrons. The number of aryl methyl sites for hydroxylation is 1. The summed E-state index contributed by atoms with van der Waals surface area (Å²) in [7, 11) is 0. The highest BCUT2D eigenvalue weighted by Crippen LogP contribution is 2.26. The lowest BCUT2D eigenvalue weighted by Gasteiger charge is -2.28. The summed E-state index contributed by atoms with van der Waals surface area (Å²) in [6.45, 7) is 6.74. The average Bonchev–Trinajstić information content (AvgIpc) is 2.76. The number of carbonyl (C=O) groups is 2. The predicted octanol–water partition coefficient (Wildman–Crippen LogP) is 4.72. The minimum absolute atomic E-state index is 0.135. The fourth-order valence-electron chi connectivity index (χ4n) is 3.00. The van der Waals surface area contributed by atoms with Gasteiger partial charge in [-0.3, -0.25) is 9.59 Å². The van der Waals surface area contributed by atoms with E-state index in [-0.39, 0.29) is 18.4 Å². The maximum Gasteiger partial charge on any atom is 0.261 e. The largest absolute Gasteiger partial charge is 0.483 e. The number of unbranched alkanes of at least 4 members (excludes halogenated alkanes) is 1. The molecule has 0 bridgehead atoms. The standard InChI is InChI=1S/C24H31BrN2O3/c1-4-6-14-26-24(29)18(3)27(16-20-10-8-7-9-11-20)23(28)17-30-22-13-12-19(5-2)15-21(22)25/h7-13,15,18H,4-6,14,16-17H2,1-3H3,(H,26,29)/t18-/m1/s1. The number of benzene rings is 2. The van der Waals surface area contributed by atoms with E-state index in [1.807, 2.05) is 48.5 Å². The summed E-state index contributed by atoms with van der Waals surface area (Å²) in [5, 5.41) is 2.92. The van der Waals surface area contributed by atoms with E-state index in [9.17, 15) is 9.59 Å². The lowest BCUT2D eigenvalue weighted by atomic mass is 10.1. The molecule has 2 aromatic carbocycles. The molecule has 0 aliphatic rings. The first kappa shape index (κ1) is 23.9. The smallest absolute Gasteiger partial charge is 0.261 e. The van der Waals surface area contributed by atoms with Crippen molar-refractivity contribution in [3.8, 4) is 5.75 Å². The highest BCUT2D eigenvalue weighted by Gasteiger charge is 2.26. The number of carbonyl (C=O) groups excluding carboxylic acids is 2. The minimum atomic E-state index is -0.593. The lowest BCUT2D eigenvalue weighted by molar-refractivity contribution is -0.142. The first-order valence-electron chi connectivity index (χ1n) is 10.5. The third kappa shape index (κ3) is 7.17. The van der Waals surface area contributed by atoms with Crippen molar-refractivity contribution >= 4 is 27.7 Å². The molecule has 6 heteroatoms. The van der Waals surface area contributed by atoms with E-state index in [4.69, 9.17) is 4.74 Å². The number of hydrogen-bond acceptors (Lipinski definition) is 3. The van der Waals surface area contributed by atoms with Crippen LogP contribution in [0.5, 0.6) is 5.75 Å². The SMILES string of the molecule is CCCCNC(=O)[C@@H](C)N(Cc1ccccc1)C(=O)COc1ccc(CC)cc1Br. The van der Waals surface area contributed by atoms with E-state index in [0.29, 0.717) is 18.8 Å². The highest BCUT2D eigenvalue weighted by molar-refractivity contribution is 9.10. The molecule has 0 spiro atoms. The van der Waals surface area contributed by atoms with E-state index in [1.165, 1.54) is 5.56 Å². The molecule has 0 aromatic heterocycles. The van der Waals surface area contributed by atoms with Crippen LogP contribution in [0, 0.1) is 0 Å². The van der Waals surface area contributed by atoms with Crippen molar-refractivity contribution in [2.75, 3.05) is 13.2 Å². The summed E-state index contributed by atoms with van der Waals surface area (Å²) in [5.41, 5.74) is 2.15. The minimum Gasteiger partial charge on any atom is -0.483 e. The summed E-state index contributed by atoms with van der Waals surface area (Å²) in [6, 6.07) is 14.9. The molecule has 2 aromatic rings. The van der Waals surface area contributed by atoms with Gasteiger partial charge in [0.1, 0.15) is 11.8 Å². The van der Waals surface area contributed by atoms with Crippen LogP contribution in [0.25, 0.3) is 0 Å². The molecule has 5 nitrogen and oxygen atoms in total. The van der Waals surface area contributed by atoms with Crippen molar-refractivity contribution in [2.45, 2.75) is 52.6 Å². The van der Waals surface area contributed by atoms with Gasteiger partial charge in [0, 0.05) is 13.1 Å². The Hall–Kier alpha value is -2.34. The molecule has 2 amide bonds. The van der Waals surface area contributed by atoms with Crippen molar-refractivity contribution < 1.29 is 14.3 Å². The molecular weight excluding hydrogens is 444 g/mol. The molecule has 0 saturated heterocycles. The van der Waals surface area contributed by atoms with Gasteiger partial charge in [-0.2, -0.15) is 0 Å². The molecule has 2 rings (SSSR count). The van der Waals surface area contributed by atoms with Crippen LogP contribution >= 0.6 is 15.9 Å². The number of ether oxygens (including phenoxy) is 1. The van der Waals surface area contributed by atoms with Gasteiger partial charge < -0.3 is 15.0 Å². The van der Waals surface area contributed by atoms with Crippen LogP contribution in [0.1, 0.15) is 44.7 Å². The van der Waals surface area contributed by atoms with Crippen LogP contribution in [0.2, 0.25) is 0 Å². The van der Waals surface area contributed by atoms with Crippen LogP contribution in [0.4, 0.5) is 0 Å². The molecule has 0 unspecified atom stereocenters. The van der Waals surface area contributed by atoms with Gasteiger partial charge >= 0.3 is 0 Å². The predicted molar refractivity (Wildman–Crippen MR) is 123 cm³/mol. The van der Waals surface area contributed by atoms with Crippen LogP contribution < -0.4 is 10.1 Å². The molecular formula is C24H31BrN2O3. The van der Waals surface area contributed by atoms with E-state index in [2.05, 4.69) is 35.1 Å². The topological polar surface area (TPSA) is 58.6 Å². The number of rotatable bonds is 11. The van der Waals surface area contributed by atoms with Crippen LogP contribution in [-0.4, -0.2) is 35.9 Å². The van der Waals surface area contributed by atoms with Gasteiger partial charge in [-0.25, -0.2) is 0 Å². The third-order valence-corrected chi connectivity index (χ3v) is 5.57. The lowest BCUT2D eigenvalue weighted by Crippen LogP contribution is -2.49. The maximum absolute atomic E-state index is 13.0. The first-order valence-corrected chi connectivity index (χ1v) is 11.3. The van der Waals surface area contributed by atoms with Crippen molar-refractivity contribution in [1.29, 1.82) is 0 Å². The normalized spacial score (nSPS) is 11.6. The van der Waals surface area contributed by atoms with E-state index < -0.39 is 6.04 Å². The molecule has 0 saturated carbocycles. The van der Waals surface area contributed by atoms with Crippen molar-refractivity contribution in [3.05, 3.63) is 64.1 Å². The molecule has 0 heterocycles. The molecule has 1 N–H and O–H groups in total. The third-order valence-electron chi connectivity index (χ3n) is 4.95. The maximum atomic E-state index is 13.0. The highest BCUT2D eigenvalue weighted by atomic mass is 79.9. The fraction of sp³-hybridized carbons (Fsp3) is 0.417. The quantitative estimate of drug-likeness (QED) is 0.479. The molecule has 162 valence electrons. The number of halogens is 1. The fourth-order valence-corrected chi connectivity index (χ4v) is 3.54. The van der Waals surface area contributed by atoms with Gasteiger partial charge in [0.15, 0.2) is 6.61 Å². The zero-order valence-corrected chi connectivity index (χ0v) is 19.6. The molecule has 1 atom stereocenters. The van der Waals surface area contributed by atoms with Crippen LogP contribution in [0.15, 0.2) is 53.0 Å². The second kappa shape index (κ2) is 12.4. The average molecular weight is 475 g/mol. The Labute approximate surface area is 187 Å². The Kier molecular flexibility index (Phi) is 9.87. The van der Waals surface area contributed by atoms with Crippen molar-refractivity contribution in [2.24, 2.45) is 0 Å². The number of hydrogen-bond donors (Lipinski definition) is 1. The van der Waals surface area contributed by atoms with E-state index in [1.54, 1.807) is 11.8 Å². The van der Waals surface area contributed by atoms with Gasteiger partial charge in [0.2, 0.25) is 5.91 Å². The van der Waals surface area contributed by atoms with E-state index in [0.717, 1.165) is 29.3 Å². The molecule has 30 heavy (non-hydrogen) atoms. The second-order valence-electron chi connectivity index (χ2n) is 7.23. The molecule has 0 aliphatic carbocycles. The summed E-state index contributed by atoms with van der Waals surface area (Å²) in [6.07, 6.45) is 2.84. The van der Waals surface area contributed by atoms with Crippen molar-refractivity contribution in [1.82, 2.24) is 10.2 Å². The van der Waals surface area contributed by atoms with Gasteiger partial charge in [0.25, 0.3) is 5.91 Å². The van der Waals surface area contributed by atoms with Gasteiger partial charge in [-0.1, -0.05) is 56.7 Å².